The number of hydrogen-bond donors (Lipinski definition) is 1. The van der Waals surface area contributed by atoms with Crippen LogP contribution in [0.25, 0.3) is 0 Å². The fourth-order valence-electron chi connectivity index (χ4n) is 4.95. The lowest BCUT2D eigenvalue weighted by molar-refractivity contribution is -0.153. The van der Waals surface area contributed by atoms with E-state index in [0.717, 1.165) is 23.6 Å². The molecule has 0 aromatic heterocycles. The number of rotatable bonds is 7. The molecule has 1 aliphatic carbocycles. The first-order valence-corrected chi connectivity index (χ1v) is 12.8. The number of carboxylic acid groups (broad SMARTS) is 1. The van der Waals surface area contributed by atoms with Gasteiger partial charge in [-0.1, -0.05) is 19.3 Å². The van der Waals surface area contributed by atoms with Gasteiger partial charge in [-0.3, -0.25) is 4.79 Å². The Labute approximate surface area is 201 Å². The van der Waals surface area contributed by atoms with E-state index in [2.05, 4.69) is 4.74 Å². The van der Waals surface area contributed by atoms with Crippen LogP contribution >= 0.6 is 0 Å². The minimum absolute atomic E-state index is 0.0266. The number of benzene rings is 2. The van der Waals surface area contributed by atoms with E-state index in [1.54, 1.807) is 0 Å². The van der Waals surface area contributed by atoms with Gasteiger partial charge in [0.15, 0.2) is 6.61 Å². The normalized spacial score (nSPS) is 23.3. The molecule has 1 heterocycles. The lowest BCUT2D eigenvalue weighted by atomic mass is 9.71. The highest BCUT2D eigenvalue weighted by Crippen LogP contribution is 2.42. The summed E-state index contributed by atoms with van der Waals surface area (Å²) in [6.45, 7) is -1.23. The fraction of sp³-hybridized carbons (Fsp3) is 0.458. The van der Waals surface area contributed by atoms with Crippen LogP contribution < -0.4 is 9.47 Å². The summed E-state index contributed by atoms with van der Waals surface area (Å²) in [6, 6.07) is 10.1. The van der Waals surface area contributed by atoms with E-state index in [1.165, 1.54) is 48.5 Å². The first-order chi connectivity index (χ1) is 16.5. The molecule has 0 spiro atoms. The van der Waals surface area contributed by atoms with Gasteiger partial charge in [0.25, 0.3) is 0 Å². The van der Waals surface area contributed by atoms with E-state index in [1.807, 2.05) is 0 Å². The molecular weight excluding hydrogens is 487 g/mol. The summed E-state index contributed by atoms with van der Waals surface area (Å²) in [6.07, 6.45) is -0.193. The summed E-state index contributed by atoms with van der Waals surface area (Å²) in [5.41, 5.74) is 0. The van der Waals surface area contributed by atoms with E-state index in [4.69, 9.17) is 4.74 Å². The van der Waals surface area contributed by atoms with E-state index < -0.39 is 34.8 Å². The zero-order chi connectivity index (χ0) is 25.2. The molecule has 0 radical (unpaired) electrons. The molecule has 1 saturated heterocycles. The van der Waals surface area contributed by atoms with Gasteiger partial charge >= 0.3 is 12.1 Å². The van der Waals surface area contributed by atoms with Crippen molar-refractivity contribution < 1.29 is 41.0 Å². The van der Waals surface area contributed by atoms with Gasteiger partial charge in [-0.15, -0.1) is 0 Å². The molecular formula is C24H26F3NO6S. The second-order valence-corrected chi connectivity index (χ2v) is 10.7. The maximum Gasteiger partial charge on any atom is 0.422 e. The van der Waals surface area contributed by atoms with Gasteiger partial charge in [0.2, 0.25) is 10.0 Å². The predicted molar refractivity (Wildman–Crippen MR) is 120 cm³/mol. The highest BCUT2D eigenvalue weighted by atomic mass is 32.2. The van der Waals surface area contributed by atoms with Crippen molar-refractivity contribution in [1.29, 1.82) is 0 Å². The number of ether oxygens (including phenoxy) is 2. The minimum atomic E-state index is -4.44. The van der Waals surface area contributed by atoms with E-state index in [9.17, 15) is 31.5 Å². The average Bonchev–Trinajstić information content (AvgIpc) is 2.82. The lowest BCUT2D eigenvalue weighted by Crippen LogP contribution is -2.55. The topological polar surface area (TPSA) is 93.1 Å². The quantitative estimate of drug-likeness (QED) is 0.556. The zero-order valence-electron chi connectivity index (χ0n) is 18.8. The monoisotopic (exact) mass is 513 g/mol. The maximum atomic E-state index is 13.3. The minimum Gasteiger partial charge on any atom is -0.484 e. The maximum absolute atomic E-state index is 13.3. The van der Waals surface area contributed by atoms with Crippen LogP contribution in [0.2, 0.25) is 0 Å². The second-order valence-electron chi connectivity index (χ2n) is 8.84. The molecule has 0 bridgehead atoms. The van der Waals surface area contributed by atoms with Crippen LogP contribution in [-0.2, 0) is 14.8 Å². The van der Waals surface area contributed by atoms with Crippen LogP contribution in [-0.4, -0.2) is 49.2 Å². The third-order valence-corrected chi connectivity index (χ3v) is 8.44. The van der Waals surface area contributed by atoms with Crippen molar-refractivity contribution in [3.8, 4) is 17.2 Å². The zero-order valence-corrected chi connectivity index (χ0v) is 19.6. The van der Waals surface area contributed by atoms with Crippen molar-refractivity contribution in [2.75, 3.05) is 13.2 Å². The number of aliphatic carboxylic acids is 1. The number of carbonyl (C=O) groups is 1. The Balaban J connectivity index is 1.45. The van der Waals surface area contributed by atoms with Crippen molar-refractivity contribution in [2.45, 2.75) is 49.2 Å². The third kappa shape index (κ3) is 5.90. The summed E-state index contributed by atoms with van der Waals surface area (Å²) in [5.74, 6) is -0.398. The predicted octanol–water partition coefficient (Wildman–Crippen LogP) is 5.07. The second kappa shape index (κ2) is 10.1. The summed E-state index contributed by atoms with van der Waals surface area (Å²) >= 11 is 0. The van der Waals surface area contributed by atoms with Gasteiger partial charge in [0.05, 0.1) is 4.90 Å². The molecule has 190 valence electrons. The number of halogens is 3. The van der Waals surface area contributed by atoms with Gasteiger partial charge in [0.1, 0.15) is 23.3 Å². The van der Waals surface area contributed by atoms with Crippen LogP contribution in [0.4, 0.5) is 13.2 Å². The van der Waals surface area contributed by atoms with Crippen molar-refractivity contribution in [1.82, 2.24) is 4.31 Å². The van der Waals surface area contributed by atoms with Crippen LogP contribution in [0.1, 0.15) is 32.1 Å². The first-order valence-electron chi connectivity index (χ1n) is 11.4. The van der Waals surface area contributed by atoms with Gasteiger partial charge in [-0.2, -0.15) is 17.5 Å². The Bertz CT molecular complexity index is 1140. The number of piperidine rings is 1. The van der Waals surface area contributed by atoms with Crippen molar-refractivity contribution in [3.05, 3.63) is 48.5 Å². The number of fused-ring (bicyclic) bond motifs is 1. The van der Waals surface area contributed by atoms with Crippen LogP contribution in [0.15, 0.2) is 53.4 Å². The van der Waals surface area contributed by atoms with Gasteiger partial charge < -0.3 is 14.6 Å². The third-order valence-electron chi connectivity index (χ3n) is 6.55. The smallest absolute Gasteiger partial charge is 0.422 e. The van der Waals surface area contributed by atoms with Gasteiger partial charge in [-0.05, 0) is 73.2 Å². The molecule has 0 amide bonds. The highest BCUT2D eigenvalue weighted by Gasteiger charge is 2.47. The molecule has 4 rings (SSSR count). The summed E-state index contributed by atoms with van der Waals surface area (Å²) in [4.78, 5) is 12.1. The largest absolute Gasteiger partial charge is 0.484 e. The van der Waals surface area contributed by atoms with E-state index in [-0.39, 0.29) is 29.0 Å². The van der Waals surface area contributed by atoms with Crippen molar-refractivity contribution in [2.24, 2.45) is 11.8 Å². The average molecular weight is 514 g/mol. The molecule has 11 heteroatoms. The Morgan fingerprint density at radius 1 is 0.943 bits per heavy atom. The summed E-state index contributed by atoms with van der Waals surface area (Å²) < 4.78 is 74.9. The number of nitrogens with zero attached hydrogens (tertiary/aromatic N) is 1. The van der Waals surface area contributed by atoms with Gasteiger partial charge in [-0.25, -0.2) is 8.42 Å². The molecule has 2 aromatic carbocycles. The summed E-state index contributed by atoms with van der Waals surface area (Å²) in [7, 11) is -4.03. The number of sulfonamides is 1. The number of carboxylic acids is 1. The molecule has 7 nitrogen and oxygen atoms in total. The molecule has 2 aliphatic rings. The first kappa shape index (κ1) is 25.3. The molecule has 1 N–H and O–H groups in total. The van der Waals surface area contributed by atoms with Crippen molar-refractivity contribution in [3.63, 3.8) is 0 Å². The molecule has 2 fully saturated rings. The molecule has 1 aliphatic heterocycles. The molecule has 2 aromatic rings. The number of alkyl halides is 3. The van der Waals surface area contributed by atoms with E-state index in [0.29, 0.717) is 24.3 Å². The fourth-order valence-corrected chi connectivity index (χ4v) is 6.59. The molecule has 3 atom stereocenters. The Morgan fingerprint density at radius 2 is 1.51 bits per heavy atom. The van der Waals surface area contributed by atoms with Gasteiger partial charge in [0, 0.05) is 6.54 Å². The Hall–Kier alpha value is -2.79. The molecule has 35 heavy (non-hydrogen) atoms. The van der Waals surface area contributed by atoms with E-state index >= 15 is 0 Å². The van der Waals surface area contributed by atoms with Crippen molar-refractivity contribution >= 4 is 16.0 Å². The number of hydrogen-bond acceptors (Lipinski definition) is 5. The Kier molecular flexibility index (Phi) is 7.27. The highest BCUT2D eigenvalue weighted by molar-refractivity contribution is 7.89. The van der Waals surface area contributed by atoms with Crippen LogP contribution in [0.3, 0.4) is 0 Å². The SMILES string of the molecule is O=C(O)C1C2CCCCC2CCN1S(=O)(=O)c1ccc(Oc2ccc(OCC(F)(F)F)cc2)cc1. The lowest BCUT2D eigenvalue weighted by Gasteiger charge is -2.44. The van der Waals surface area contributed by atoms with Crippen LogP contribution in [0, 0.1) is 11.8 Å². The van der Waals surface area contributed by atoms with Crippen LogP contribution in [0.5, 0.6) is 17.2 Å². The molecule has 3 unspecified atom stereocenters. The standard InChI is InChI=1S/C24H26F3NO6S/c25-24(26,27)15-33-17-5-7-18(8-6-17)34-19-9-11-20(12-10-19)35(31,32)28-14-13-16-3-1-2-4-21(16)22(28)23(29)30/h5-12,16,21-22H,1-4,13-15H2,(H,29,30). The summed E-state index contributed by atoms with van der Waals surface area (Å²) in [5, 5.41) is 9.87. The Morgan fingerprint density at radius 3 is 2.11 bits per heavy atom. The molecule has 1 saturated carbocycles.